The fourth-order valence-electron chi connectivity index (χ4n) is 11.2. The van der Waals surface area contributed by atoms with Gasteiger partial charge in [0, 0.05) is 69.5 Å². The molecule has 2 unspecified atom stereocenters. The lowest BCUT2D eigenvalue weighted by Crippen LogP contribution is -2.78. The quantitative estimate of drug-likeness (QED) is 0.288. The summed E-state index contributed by atoms with van der Waals surface area (Å²) in [6, 6.07) is -0.250. The summed E-state index contributed by atoms with van der Waals surface area (Å²) in [5, 5.41) is 59.7. The maximum atomic E-state index is 12.7. The molecule has 1 spiro atoms. The Morgan fingerprint density at radius 3 is 2.25 bits per heavy atom. The van der Waals surface area contributed by atoms with Gasteiger partial charge in [0.2, 0.25) is 0 Å². The second kappa shape index (κ2) is 8.06. The average Bonchev–Trinajstić information content (AvgIpc) is 3.23. The van der Waals surface area contributed by atoms with Crippen molar-refractivity contribution in [3.05, 3.63) is 0 Å². The average molecular weight is 514 g/mol. The first kappa shape index (κ1) is 25.9. The van der Waals surface area contributed by atoms with Gasteiger partial charge in [0.25, 0.3) is 0 Å². The van der Waals surface area contributed by atoms with Crippen molar-refractivity contribution < 1.29 is 44.5 Å². The Bertz CT molecular complexity index is 893. The van der Waals surface area contributed by atoms with Crippen molar-refractivity contribution in [3.63, 3.8) is 0 Å². The SMILES string of the molecule is CCN1CC[C@]2(COC)[C@H](O)C[C@H](OC)[C@@]34[C@@H]5C[C@]6(O)C(OC)[C@H](O)[C@](O)(C([C@H](OC)[C@H]23)[C@@H]14)[C@H]5[C@H]6O. The Balaban J connectivity index is 1.70. The van der Waals surface area contributed by atoms with Crippen molar-refractivity contribution in [1.29, 1.82) is 0 Å². The molecule has 0 aromatic heterocycles. The van der Waals surface area contributed by atoms with E-state index in [1.807, 2.05) is 0 Å². The predicted octanol–water partition coefficient (Wildman–Crippen LogP) is -1.40. The van der Waals surface area contributed by atoms with E-state index in [-0.39, 0.29) is 18.4 Å². The highest BCUT2D eigenvalue weighted by Gasteiger charge is 2.89. The smallest absolute Gasteiger partial charge is 0.120 e. The summed E-state index contributed by atoms with van der Waals surface area (Å²) >= 11 is 0. The van der Waals surface area contributed by atoms with Crippen LogP contribution in [0.4, 0.5) is 0 Å². The summed E-state index contributed by atoms with van der Waals surface area (Å²) < 4.78 is 23.9. The Hall–Kier alpha value is -0.400. The van der Waals surface area contributed by atoms with Gasteiger partial charge < -0.3 is 44.5 Å². The minimum Gasteiger partial charge on any atom is -0.392 e. The third-order valence-corrected chi connectivity index (χ3v) is 12.0. The van der Waals surface area contributed by atoms with E-state index >= 15 is 0 Å². The molecule has 0 amide bonds. The van der Waals surface area contributed by atoms with E-state index in [0.29, 0.717) is 32.5 Å². The Morgan fingerprint density at radius 1 is 0.944 bits per heavy atom. The second-order valence-electron chi connectivity index (χ2n) is 12.4. The minimum atomic E-state index is -1.77. The number of fused-ring (bicyclic) bond motifs is 2. The largest absolute Gasteiger partial charge is 0.392 e. The van der Waals surface area contributed by atoms with Crippen molar-refractivity contribution >= 4 is 0 Å². The molecule has 7 bridgehead atoms. The molecule has 36 heavy (non-hydrogen) atoms. The second-order valence-corrected chi connectivity index (χ2v) is 12.4. The Kier molecular flexibility index (Phi) is 5.79. The molecule has 5 saturated carbocycles. The van der Waals surface area contributed by atoms with Crippen LogP contribution in [0.3, 0.4) is 0 Å². The van der Waals surface area contributed by atoms with Gasteiger partial charge in [-0.25, -0.2) is 0 Å². The van der Waals surface area contributed by atoms with Crippen LogP contribution in [0.1, 0.15) is 26.2 Å². The first-order chi connectivity index (χ1) is 17.1. The fraction of sp³-hybridized carbons (Fsp3) is 1.00. The van der Waals surface area contributed by atoms with Crippen LogP contribution in [-0.2, 0) is 18.9 Å². The number of methoxy groups -OCH3 is 4. The third kappa shape index (κ3) is 2.46. The number of hydrogen-bond donors (Lipinski definition) is 5. The molecule has 0 radical (unpaired) electrons. The van der Waals surface area contributed by atoms with E-state index in [2.05, 4.69) is 11.8 Å². The number of aliphatic hydroxyl groups is 5. The maximum Gasteiger partial charge on any atom is 0.120 e. The highest BCUT2D eigenvalue weighted by atomic mass is 16.5. The van der Waals surface area contributed by atoms with Gasteiger partial charge in [-0.15, -0.1) is 0 Å². The van der Waals surface area contributed by atoms with Crippen molar-refractivity contribution in [2.24, 2.45) is 34.5 Å². The number of rotatable bonds is 6. The molecule has 10 heteroatoms. The van der Waals surface area contributed by atoms with E-state index in [9.17, 15) is 25.5 Å². The van der Waals surface area contributed by atoms with Crippen molar-refractivity contribution in [2.75, 3.05) is 48.1 Å². The summed E-state index contributed by atoms with van der Waals surface area (Å²) in [4.78, 5) is 2.35. The van der Waals surface area contributed by atoms with Gasteiger partial charge in [0.1, 0.15) is 23.4 Å². The van der Waals surface area contributed by atoms with Crippen molar-refractivity contribution in [1.82, 2.24) is 4.90 Å². The molecule has 1 saturated heterocycles. The van der Waals surface area contributed by atoms with Crippen LogP contribution in [-0.4, -0.2) is 132 Å². The molecule has 206 valence electrons. The number of nitrogens with zero attached hydrogens (tertiary/aromatic N) is 1. The molecule has 6 fully saturated rings. The van der Waals surface area contributed by atoms with Gasteiger partial charge in [0.15, 0.2) is 0 Å². The van der Waals surface area contributed by atoms with E-state index in [0.717, 1.165) is 0 Å². The van der Waals surface area contributed by atoms with Crippen molar-refractivity contribution in [3.8, 4) is 0 Å². The molecule has 1 heterocycles. The number of hydrogen-bond acceptors (Lipinski definition) is 10. The Morgan fingerprint density at radius 2 is 1.67 bits per heavy atom. The van der Waals surface area contributed by atoms with Gasteiger partial charge in [0.05, 0.1) is 31.0 Å². The van der Waals surface area contributed by atoms with Gasteiger partial charge in [-0.3, -0.25) is 4.90 Å². The lowest BCUT2D eigenvalue weighted by molar-refractivity contribution is -0.308. The zero-order valence-electron chi connectivity index (χ0n) is 21.9. The number of ether oxygens (including phenoxy) is 4. The molecule has 5 N–H and O–H groups in total. The van der Waals surface area contributed by atoms with E-state index in [1.54, 1.807) is 21.3 Å². The monoisotopic (exact) mass is 513 g/mol. The van der Waals surface area contributed by atoms with Gasteiger partial charge in [-0.05, 0) is 31.8 Å². The molecular formula is C26H43NO9. The van der Waals surface area contributed by atoms with Gasteiger partial charge in [-0.2, -0.15) is 0 Å². The lowest BCUT2D eigenvalue weighted by Gasteiger charge is -2.64. The highest BCUT2D eigenvalue weighted by molar-refractivity contribution is 5.38. The molecular weight excluding hydrogens is 470 g/mol. The Labute approximate surface area is 212 Å². The molecule has 0 aromatic rings. The van der Waals surface area contributed by atoms with E-state index < -0.39 is 76.4 Å². The van der Waals surface area contributed by atoms with Crippen LogP contribution in [0.2, 0.25) is 0 Å². The molecule has 15 atom stereocenters. The van der Waals surface area contributed by atoms with Crippen LogP contribution in [0.5, 0.6) is 0 Å². The summed E-state index contributed by atoms with van der Waals surface area (Å²) in [5.74, 6) is -2.07. The van der Waals surface area contributed by atoms with Crippen LogP contribution in [0, 0.1) is 34.5 Å². The zero-order valence-corrected chi connectivity index (χ0v) is 21.9. The molecule has 6 aliphatic rings. The fourth-order valence-corrected chi connectivity index (χ4v) is 11.2. The zero-order chi connectivity index (χ0) is 26.0. The van der Waals surface area contributed by atoms with Crippen LogP contribution in [0.25, 0.3) is 0 Å². The van der Waals surface area contributed by atoms with E-state index in [1.165, 1.54) is 7.11 Å². The molecule has 6 rings (SSSR count). The maximum absolute atomic E-state index is 12.7. The molecule has 1 aliphatic heterocycles. The van der Waals surface area contributed by atoms with Crippen molar-refractivity contribution in [2.45, 2.75) is 80.1 Å². The molecule has 10 nitrogen and oxygen atoms in total. The summed E-state index contributed by atoms with van der Waals surface area (Å²) in [7, 11) is 6.33. The first-order valence-electron chi connectivity index (χ1n) is 13.4. The normalized spacial score (nSPS) is 61.3. The number of aliphatic hydroxyl groups excluding tert-OH is 3. The first-order valence-corrected chi connectivity index (χ1v) is 13.4. The topological polar surface area (TPSA) is 141 Å². The van der Waals surface area contributed by atoms with Crippen LogP contribution in [0.15, 0.2) is 0 Å². The molecule has 0 aromatic carbocycles. The van der Waals surface area contributed by atoms with Gasteiger partial charge in [-0.1, -0.05) is 6.92 Å². The molecule has 5 aliphatic carbocycles. The van der Waals surface area contributed by atoms with Gasteiger partial charge >= 0.3 is 0 Å². The van der Waals surface area contributed by atoms with Crippen LogP contribution >= 0.6 is 0 Å². The summed E-state index contributed by atoms with van der Waals surface area (Å²) in [6.45, 7) is 3.79. The third-order valence-electron chi connectivity index (χ3n) is 12.0. The number of likely N-dealkylation sites (tertiary alicyclic amines) is 1. The standard InChI is InChI=1S/C26H43NO9/c1-6-27-8-7-23(11-33-2)13(28)9-14(34-3)25-12-10-24(31)20(29)15(12)26(32,21(30)22(24)36-5)16(19(25)27)17(35-4)18(23)25/h12-22,28-32H,6-11H2,1-5H3/t12-,13-,14+,15-,16?,17+,18-,19-,20-,21+,22?,23+,24-,25+,26-/m1/s1. The lowest BCUT2D eigenvalue weighted by atomic mass is 9.44. The van der Waals surface area contributed by atoms with Crippen LogP contribution < -0.4 is 0 Å². The van der Waals surface area contributed by atoms with E-state index in [4.69, 9.17) is 18.9 Å². The predicted molar refractivity (Wildman–Crippen MR) is 126 cm³/mol. The summed E-state index contributed by atoms with van der Waals surface area (Å²) in [5.41, 5.74) is -4.81. The summed E-state index contributed by atoms with van der Waals surface area (Å²) in [6.07, 6.45) is -4.27. The highest BCUT2D eigenvalue weighted by Crippen LogP contribution is 2.79. The minimum absolute atomic E-state index is 0.156.